The van der Waals surface area contributed by atoms with Crippen LogP contribution in [0.4, 0.5) is 0 Å². The molecule has 1 fully saturated rings. The topological polar surface area (TPSA) is 84.5 Å². The monoisotopic (exact) mass is 368 g/mol. The molecule has 0 radical (unpaired) electrons. The molecule has 0 spiro atoms. The molecule has 2 N–H and O–H groups in total. The summed E-state index contributed by atoms with van der Waals surface area (Å²) in [4.78, 5) is 35.6. The number of amides is 2. The van der Waals surface area contributed by atoms with Crippen molar-refractivity contribution in [3.05, 3.63) is 71.1 Å². The Bertz CT molecular complexity index is 863. The maximum Gasteiger partial charge on any atom is 0.331 e. The lowest BCUT2D eigenvalue weighted by molar-refractivity contribution is -0.135. The average Bonchev–Trinajstić information content (AvgIpc) is 3.01. The van der Waals surface area contributed by atoms with Crippen LogP contribution in [-0.4, -0.2) is 30.4 Å². The number of carbonyl (C=O) groups excluding carboxylic acids is 3. The third-order valence-electron chi connectivity index (χ3n) is 3.70. The van der Waals surface area contributed by atoms with Gasteiger partial charge in [-0.1, -0.05) is 54.2 Å². The molecular weight excluding hydrogens is 352 g/mol. The van der Waals surface area contributed by atoms with Crippen molar-refractivity contribution in [3.63, 3.8) is 0 Å². The summed E-state index contributed by atoms with van der Waals surface area (Å²) < 4.78 is 4.50. The summed E-state index contributed by atoms with van der Waals surface area (Å²) in [6.07, 6.45) is 1.10. The van der Waals surface area contributed by atoms with E-state index in [-0.39, 0.29) is 10.8 Å². The predicted molar refractivity (Wildman–Crippen MR) is 99.0 cm³/mol. The zero-order chi connectivity index (χ0) is 18.5. The van der Waals surface area contributed by atoms with Crippen LogP contribution in [0.5, 0.6) is 0 Å². The maximum atomic E-state index is 12.4. The zero-order valence-corrected chi connectivity index (χ0v) is 14.7. The molecule has 1 saturated heterocycles. The van der Waals surface area contributed by atoms with E-state index in [1.165, 1.54) is 7.11 Å². The van der Waals surface area contributed by atoms with Gasteiger partial charge in [0.1, 0.15) is 0 Å². The minimum atomic E-state index is -0.639. The summed E-state index contributed by atoms with van der Waals surface area (Å²) in [6, 6.07) is 17.0. The van der Waals surface area contributed by atoms with Crippen molar-refractivity contribution in [2.75, 3.05) is 7.11 Å². The number of carbonyl (C=O) groups is 3. The van der Waals surface area contributed by atoms with Gasteiger partial charge in [-0.25, -0.2) is 4.79 Å². The molecule has 2 aromatic carbocycles. The molecule has 1 aliphatic rings. The molecule has 0 saturated carbocycles. The minimum Gasteiger partial charge on any atom is -0.466 e. The molecule has 0 aliphatic carbocycles. The normalized spacial score (nSPS) is 17.7. The SMILES string of the molecule is COC(=O)C=C1SC(NC(=O)c2ccc(-c3ccccc3)cc2)NC1=O. The van der Waals surface area contributed by atoms with Crippen LogP contribution in [0.1, 0.15) is 10.4 Å². The highest BCUT2D eigenvalue weighted by Crippen LogP contribution is 2.26. The number of thioether (sulfide) groups is 1. The van der Waals surface area contributed by atoms with E-state index in [1.807, 2.05) is 42.5 Å². The van der Waals surface area contributed by atoms with Crippen LogP contribution < -0.4 is 10.6 Å². The van der Waals surface area contributed by atoms with Gasteiger partial charge in [-0.2, -0.15) is 0 Å². The Morgan fingerprint density at radius 3 is 2.38 bits per heavy atom. The van der Waals surface area contributed by atoms with E-state index in [2.05, 4.69) is 15.4 Å². The van der Waals surface area contributed by atoms with Gasteiger partial charge in [-0.3, -0.25) is 9.59 Å². The first-order valence-corrected chi connectivity index (χ1v) is 8.68. The van der Waals surface area contributed by atoms with Gasteiger partial charge in [-0.15, -0.1) is 0 Å². The number of rotatable bonds is 4. The average molecular weight is 368 g/mol. The Balaban J connectivity index is 1.65. The summed E-state index contributed by atoms with van der Waals surface area (Å²) in [7, 11) is 1.23. The van der Waals surface area contributed by atoms with Crippen LogP contribution >= 0.6 is 11.8 Å². The Morgan fingerprint density at radius 1 is 1.08 bits per heavy atom. The Kier molecular flexibility index (Phi) is 5.38. The van der Waals surface area contributed by atoms with Gasteiger partial charge in [0.2, 0.25) is 0 Å². The van der Waals surface area contributed by atoms with Crippen molar-refractivity contribution in [2.45, 2.75) is 5.50 Å². The number of ether oxygens (including phenoxy) is 1. The number of hydrogen-bond donors (Lipinski definition) is 2. The van der Waals surface area contributed by atoms with Gasteiger partial charge in [0, 0.05) is 11.6 Å². The van der Waals surface area contributed by atoms with Gasteiger partial charge in [0.05, 0.1) is 12.0 Å². The van der Waals surface area contributed by atoms with Gasteiger partial charge in [0.15, 0.2) is 5.50 Å². The van der Waals surface area contributed by atoms with E-state index < -0.39 is 17.4 Å². The summed E-state index contributed by atoms with van der Waals surface area (Å²) in [5.41, 5.74) is 1.91. The number of methoxy groups -OCH3 is 1. The molecule has 2 amide bonds. The van der Waals surface area contributed by atoms with Crippen molar-refractivity contribution in [1.29, 1.82) is 0 Å². The van der Waals surface area contributed by atoms with Crippen LogP contribution in [0.15, 0.2) is 65.6 Å². The fraction of sp³-hybridized carbons (Fsp3) is 0.105. The number of esters is 1. The summed E-state index contributed by atoms with van der Waals surface area (Å²) in [5, 5.41) is 5.29. The predicted octanol–water partition coefficient (Wildman–Crippen LogP) is 2.29. The second-order valence-electron chi connectivity index (χ2n) is 5.42. The minimum absolute atomic E-state index is 0.196. The number of hydrogen-bond acceptors (Lipinski definition) is 5. The van der Waals surface area contributed by atoms with Gasteiger partial charge >= 0.3 is 5.97 Å². The lowest BCUT2D eigenvalue weighted by atomic mass is 10.0. The molecule has 1 unspecified atom stereocenters. The molecule has 1 atom stereocenters. The molecule has 132 valence electrons. The lowest BCUT2D eigenvalue weighted by Gasteiger charge is -2.11. The Hall–Kier alpha value is -3.06. The van der Waals surface area contributed by atoms with Gasteiger partial charge in [0.25, 0.3) is 11.8 Å². The van der Waals surface area contributed by atoms with Crippen molar-refractivity contribution in [1.82, 2.24) is 10.6 Å². The first-order chi connectivity index (χ1) is 12.6. The third-order valence-corrected chi connectivity index (χ3v) is 4.73. The Labute approximate surface area is 154 Å². The second kappa shape index (κ2) is 7.88. The van der Waals surface area contributed by atoms with Crippen molar-refractivity contribution < 1.29 is 19.1 Å². The van der Waals surface area contributed by atoms with E-state index >= 15 is 0 Å². The molecule has 26 heavy (non-hydrogen) atoms. The van der Waals surface area contributed by atoms with Crippen LogP contribution in [0.3, 0.4) is 0 Å². The smallest absolute Gasteiger partial charge is 0.331 e. The quantitative estimate of drug-likeness (QED) is 0.639. The number of benzene rings is 2. The number of nitrogens with one attached hydrogen (secondary N) is 2. The fourth-order valence-electron chi connectivity index (χ4n) is 2.38. The molecule has 0 bridgehead atoms. The molecule has 6 nitrogen and oxygen atoms in total. The first kappa shape index (κ1) is 17.8. The van der Waals surface area contributed by atoms with E-state index in [0.29, 0.717) is 5.56 Å². The third kappa shape index (κ3) is 4.12. The molecule has 0 aromatic heterocycles. The Morgan fingerprint density at radius 2 is 1.73 bits per heavy atom. The molecular formula is C19H16N2O4S. The van der Waals surface area contributed by atoms with Crippen LogP contribution in [0.2, 0.25) is 0 Å². The van der Waals surface area contributed by atoms with Crippen LogP contribution in [0.25, 0.3) is 11.1 Å². The standard InChI is InChI=1S/C19H16N2O4S/c1-25-16(22)11-15-18(24)21-19(26-15)20-17(23)14-9-7-13(8-10-14)12-5-3-2-4-6-12/h2-11,19H,1H3,(H,20,23)(H,21,24). The summed E-state index contributed by atoms with van der Waals surface area (Å²) >= 11 is 1.05. The van der Waals surface area contributed by atoms with Crippen LogP contribution in [-0.2, 0) is 14.3 Å². The maximum absolute atomic E-state index is 12.4. The highest BCUT2D eigenvalue weighted by molar-refractivity contribution is 8.05. The summed E-state index contributed by atoms with van der Waals surface area (Å²) in [5.74, 6) is -1.36. The van der Waals surface area contributed by atoms with Gasteiger partial charge in [-0.05, 0) is 23.3 Å². The van der Waals surface area contributed by atoms with E-state index in [9.17, 15) is 14.4 Å². The molecule has 1 aliphatic heterocycles. The van der Waals surface area contributed by atoms with Crippen molar-refractivity contribution in [2.24, 2.45) is 0 Å². The fourth-order valence-corrected chi connectivity index (χ4v) is 3.29. The molecule has 7 heteroatoms. The van der Waals surface area contributed by atoms with Crippen molar-refractivity contribution in [3.8, 4) is 11.1 Å². The van der Waals surface area contributed by atoms with Gasteiger partial charge < -0.3 is 15.4 Å². The second-order valence-corrected chi connectivity index (χ2v) is 6.57. The van der Waals surface area contributed by atoms with E-state index in [1.54, 1.807) is 12.1 Å². The highest BCUT2D eigenvalue weighted by Gasteiger charge is 2.29. The molecule has 2 aromatic rings. The molecule has 1 heterocycles. The largest absolute Gasteiger partial charge is 0.466 e. The lowest BCUT2D eigenvalue weighted by Crippen LogP contribution is -2.41. The highest BCUT2D eigenvalue weighted by atomic mass is 32.2. The van der Waals surface area contributed by atoms with E-state index in [4.69, 9.17) is 0 Å². The molecule has 3 rings (SSSR count). The van der Waals surface area contributed by atoms with Crippen molar-refractivity contribution >= 4 is 29.5 Å². The first-order valence-electron chi connectivity index (χ1n) is 7.80. The van der Waals surface area contributed by atoms with Crippen LogP contribution in [0, 0.1) is 0 Å². The zero-order valence-electron chi connectivity index (χ0n) is 13.9. The summed E-state index contributed by atoms with van der Waals surface area (Å²) in [6.45, 7) is 0. The van der Waals surface area contributed by atoms with E-state index in [0.717, 1.165) is 29.0 Å².